The molecule has 3 N–H and O–H groups in total. The van der Waals surface area contributed by atoms with E-state index >= 15 is 0 Å². The number of ether oxygens (including phenoxy) is 1. The Hall–Kier alpha value is -1.40. The van der Waals surface area contributed by atoms with Crippen molar-refractivity contribution in [2.24, 2.45) is 34.0 Å². The number of carbonyl (C=O) groups excluding carboxylic acids is 1. The number of hydrogen-bond donors (Lipinski definition) is 3. The summed E-state index contributed by atoms with van der Waals surface area (Å²) in [6.45, 7) is 6.03. The summed E-state index contributed by atoms with van der Waals surface area (Å²) in [5, 5.41) is 31.9. The van der Waals surface area contributed by atoms with Crippen molar-refractivity contribution in [3.05, 3.63) is 12.2 Å². The van der Waals surface area contributed by atoms with E-state index in [1.165, 1.54) is 0 Å². The maximum absolute atomic E-state index is 12.7. The minimum Gasteiger partial charge on any atom is -0.481 e. The molecule has 5 aliphatic rings. The molecule has 0 aromatic heterocycles. The summed E-state index contributed by atoms with van der Waals surface area (Å²) in [6, 6.07) is 0. The fourth-order valence-electron chi connectivity index (χ4n) is 8.26. The van der Waals surface area contributed by atoms with Gasteiger partial charge in [0, 0.05) is 5.41 Å². The fourth-order valence-corrected chi connectivity index (χ4v) is 8.26. The Morgan fingerprint density at radius 1 is 1.31 bits per heavy atom. The summed E-state index contributed by atoms with van der Waals surface area (Å²) >= 11 is 0. The first kappa shape index (κ1) is 16.8. The molecule has 8 unspecified atom stereocenters. The lowest BCUT2D eigenvalue weighted by atomic mass is 9.50. The molecule has 4 bridgehead atoms. The number of carboxylic acids is 1. The topological polar surface area (TPSA) is 104 Å². The zero-order valence-electron chi connectivity index (χ0n) is 15.0. The van der Waals surface area contributed by atoms with Crippen LogP contribution in [0, 0.1) is 34.0 Å². The number of cyclic esters (lactones) is 1. The summed E-state index contributed by atoms with van der Waals surface area (Å²) in [5.41, 5.74) is -2.37. The zero-order chi connectivity index (χ0) is 18.7. The van der Waals surface area contributed by atoms with Crippen LogP contribution in [0.3, 0.4) is 0 Å². The van der Waals surface area contributed by atoms with Crippen molar-refractivity contribution in [3.8, 4) is 0 Å². The van der Waals surface area contributed by atoms with Gasteiger partial charge in [-0.1, -0.05) is 6.58 Å². The SMILES string of the molecule is C=C1CC23CC1(O)CCC2C12COC(=O)C(C)(CC(O)C1)C2C3C(=O)O. The Labute approximate surface area is 152 Å². The van der Waals surface area contributed by atoms with Gasteiger partial charge in [-0.05, 0) is 68.3 Å². The third-order valence-electron chi connectivity index (χ3n) is 8.79. The molecule has 26 heavy (non-hydrogen) atoms. The maximum atomic E-state index is 12.7. The van der Waals surface area contributed by atoms with Crippen LogP contribution in [0.1, 0.15) is 45.4 Å². The number of fused-ring (bicyclic) bond motifs is 1. The van der Waals surface area contributed by atoms with Crippen molar-refractivity contribution >= 4 is 11.9 Å². The van der Waals surface area contributed by atoms with E-state index in [1.54, 1.807) is 6.92 Å². The number of esters is 1. The molecule has 0 amide bonds. The van der Waals surface area contributed by atoms with Crippen molar-refractivity contribution in [1.29, 1.82) is 0 Å². The van der Waals surface area contributed by atoms with Gasteiger partial charge >= 0.3 is 11.9 Å². The van der Waals surface area contributed by atoms with Gasteiger partial charge in [-0.15, -0.1) is 0 Å². The van der Waals surface area contributed by atoms with Crippen LogP contribution in [0.2, 0.25) is 0 Å². The highest BCUT2D eigenvalue weighted by atomic mass is 16.5. The minimum atomic E-state index is -0.993. The summed E-state index contributed by atoms with van der Waals surface area (Å²) in [5.74, 6) is -2.34. The second-order valence-corrected chi connectivity index (χ2v) is 9.90. The summed E-state index contributed by atoms with van der Waals surface area (Å²) in [4.78, 5) is 25.3. The van der Waals surface area contributed by atoms with Crippen LogP contribution in [0.5, 0.6) is 0 Å². The van der Waals surface area contributed by atoms with Gasteiger partial charge in [0.2, 0.25) is 0 Å². The van der Waals surface area contributed by atoms with Gasteiger partial charge < -0.3 is 20.1 Å². The zero-order valence-corrected chi connectivity index (χ0v) is 15.0. The first-order valence-corrected chi connectivity index (χ1v) is 9.58. The van der Waals surface area contributed by atoms with E-state index in [0.717, 1.165) is 5.57 Å². The molecule has 0 radical (unpaired) electrons. The fraction of sp³-hybridized carbons (Fsp3) is 0.800. The molecule has 1 saturated heterocycles. The largest absolute Gasteiger partial charge is 0.481 e. The van der Waals surface area contributed by atoms with E-state index in [-0.39, 0.29) is 30.8 Å². The van der Waals surface area contributed by atoms with Crippen LogP contribution in [0.25, 0.3) is 0 Å². The molecule has 6 heteroatoms. The van der Waals surface area contributed by atoms with Gasteiger partial charge in [-0.2, -0.15) is 0 Å². The predicted octanol–water partition coefficient (Wildman–Crippen LogP) is 1.50. The quantitative estimate of drug-likeness (QED) is 0.482. The van der Waals surface area contributed by atoms with Gasteiger partial charge in [-0.25, -0.2) is 0 Å². The van der Waals surface area contributed by atoms with E-state index in [2.05, 4.69) is 6.58 Å². The molecule has 142 valence electrons. The molecule has 0 aromatic carbocycles. The number of carboxylic acid groups (broad SMARTS) is 1. The lowest BCUT2D eigenvalue weighted by molar-refractivity contribution is -0.212. The van der Waals surface area contributed by atoms with Crippen LogP contribution in [-0.2, 0) is 14.3 Å². The number of aliphatic carboxylic acids is 1. The Balaban J connectivity index is 1.76. The lowest BCUT2D eigenvalue weighted by Crippen LogP contribution is -2.61. The van der Waals surface area contributed by atoms with Gasteiger partial charge in [0.05, 0.1) is 29.6 Å². The molecule has 4 aliphatic carbocycles. The van der Waals surface area contributed by atoms with E-state index in [0.29, 0.717) is 32.1 Å². The molecule has 6 nitrogen and oxygen atoms in total. The Kier molecular flexibility index (Phi) is 2.92. The minimum absolute atomic E-state index is 0.0167. The van der Waals surface area contributed by atoms with Crippen molar-refractivity contribution in [2.75, 3.05) is 6.61 Å². The first-order valence-electron chi connectivity index (χ1n) is 9.58. The second-order valence-electron chi connectivity index (χ2n) is 9.90. The average molecular weight is 362 g/mol. The second kappa shape index (κ2) is 4.53. The van der Waals surface area contributed by atoms with E-state index in [1.807, 2.05) is 0 Å². The van der Waals surface area contributed by atoms with Gasteiger partial charge in [0.1, 0.15) is 0 Å². The number of hydrogen-bond acceptors (Lipinski definition) is 5. The Morgan fingerprint density at radius 3 is 2.73 bits per heavy atom. The molecule has 1 aliphatic heterocycles. The smallest absolute Gasteiger partial charge is 0.312 e. The standard InChI is InChI=1S/C20H26O6/c1-10-5-18-8-20(10,25)4-3-12(18)19-7-11(21)6-17(2,16(24)26-9-19)14(19)13(18)15(22)23/h11-14,21,25H,1,3-9H2,2H3,(H,22,23). The van der Waals surface area contributed by atoms with E-state index in [4.69, 9.17) is 4.74 Å². The molecular weight excluding hydrogens is 336 g/mol. The van der Waals surface area contributed by atoms with E-state index in [9.17, 15) is 24.9 Å². The first-order chi connectivity index (χ1) is 12.1. The molecule has 5 rings (SSSR count). The lowest BCUT2D eigenvalue weighted by Gasteiger charge is -2.56. The van der Waals surface area contributed by atoms with Crippen LogP contribution in [0.4, 0.5) is 0 Å². The molecule has 0 aromatic rings. The normalized spacial score (nSPS) is 57.3. The van der Waals surface area contributed by atoms with Crippen molar-refractivity contribution < 1.29 is 29.6 Å². The molecule has 1 spiro atoms. The van der Waals surface area contributed by atoms with Crippen LogP contribution < -0.4 is 0 Å². The Morgan fingerprint density at radius 2 is 2.04 bits per heavy atom. The number of aliphatic hydroxyl groups is 2. The third kappa shape index (κ3) is 1.58. The van der Waals surface area contributed by atoms with Crippen LogP contribution in [-0.4, -0.2) is 45.6 Å². The molecule has 4 saturated carbocycles. The average Bonchev–Trinajstić information content (AvgIpc) is 2.89. The van der Waals surface area contributed by atoms with Crippen LogP contribution in [0.15, 0.2) is 12.2 Å². The summed E-state index contributed by atoms with van der Waals surface area (Å²) < 4.78 is 5.61. The summed E-state index contributed by atoms with van der Waals surface area (Å²) in [7, 11) is 0. The predicted molar refractivity (Wildman–Crippen MR) is 89.8 cm³/mol. The maximum Gasteiger partial charge on any atom is 0.312 e. The van der Waals surface area contributed by atoms with Gasteiger partial charge in [0.25, 0.3) is 0 Å². The van der Waals surface area contributed by atoms with Gasteiger partial charge in [0.15, 0.2) is 0 Å². The molecule has 5 fully saturated rings. The summed E-state index contributed by atoms with van der Waals surface area (Å²) in [6.07, 6.45) is 2.25. The molecule has 8 atom stereocenters. The Bertz CT molecular complexity index is 747. The highest BCUT2D eigenvalue weighted by Crippen LogP contribution is 2.79. The van der Waals surface area contributed by atoms with Crippen LogP contribution >= 0.6 is 0 Å². The van der Waals surface area contributed by atoms with Crippen molar-refractivity contribution in [2.45, 2.75) is 57.2 Å². The number of rotatable bonds is 1. The molecular formula is C20H26O6. The monoisotopic (exact) mass is 362 g/mol. The third-order valence-corrected chi connectivity index (χ3v) is 8.79. The molecule has 1 heterocycles. The van der Waals surface area contributed by atoms with Crippen molar-refractivity contribution in [3.63, 3.8) is 0 Å². The van der Waals surface area contributed by atoms with Crippen molar-refractivity contribution in [1.82, 2.24) is 0 Å². The van der Waals surface area contributed by atoms with Gasteiger partial charge in [-0.3, -0.25) is 9.59 Å². The van der Waals surface area contributed by atoms with E-state index < -0.39 is 39.8 Å². The highest BCUT2D eigenvalue weighted by molar-refractivity contribution is 5.82. The highest BCUT2D eigenvalue weighted by Gasteiger charge is 2.80. The number of carbonyl (C=O) groups is 2. The number of aliphatic hydroxyl groups excluding tert-OH is 1.